The Bertz CT molecular complexity index is 1130. The number of rotatable bonds is 5. The second-order valence-corrected chi connectivity index (χ2v) is 5.82. The predicted molar refractivity (Wildman–Crippen MR) is 101 cm³/mol. The van der Waals surface area contributed by atoms with Crippen LogP contribution in [0.4, 0.5) is 0 Å². The van der Waals surface area contributed by atoms with Gasteiger partial charge in [-0.15, -0.1) is 0 Å². The summed E-state index contributed by atoms with van der Waals surface area (Å²) >= 11 is 0. The lowest BCUT2D eigenvalue weighted by Gasteiger charge is -2.07. The molecule has 7 heteroatoms. The molecule has 0 N–H and O–H groups in total. The summed E-state index contributed by atoms with van der Waals surface area (Å²) in [6, 6.07) is 11.2. The number of hydrogen-bond donors (Lipinski definition) is 0. The largest absolute Gasteiger partial charge is 0.493 e. The fraction of sp³-hybridized carbons (Fsp3) is 0.150. The van der Waals surface area contributed by atoms with Crippen LogP contribution in [0.1, 0.15) is 17.3 Å². The van der Waals surface area contributed by atoms with E-state index in [9.17, 15) is 0 Å². The highest BCUT2D eigenvalue weighted by atomic mass is 16.5. The van der Waals surface area contributed by atoms with Crippen LogP contribution in [0.25, 0.3) is 34.6 Å². The minimum atomic E-state index is 0.399. The molecule has 7 nitrogen and oxygen atoms in total. The Kier molecular flexibility index (Phi) is 4.33. The van der Waals surface area contributed by atoms with Gasteiger partial charge in [0, 0.05) is 18.6 Å². The Morgan fingerprint density at radius 2 is 1.78 bits per heavy atom. The van der Waals surface area contributed by atoms with Crippen LogP contribution in [0.2, 0.25) is 0 Å². The van der Waals surface area contributed by atoms with Gasteiger partial charge in [0.15, 0.2) is 23.0 Å². The van der Waals surface area contributed by atoms with Gasteiger partial charge in [0.2, 0.25) is 5.82 Å². The van der Waals surface area contributed by atoms with Crippen LogP contribution in [0.15, 0.2) is 45.3 Å². The van der Waals surface area contributed by atoms with Crippen molar-refractivity contribution in [3.05, 3.63) is 53.7 Å². The average Bonchev–Trinajstić information content (AvgIpc) is 3.30. The smallest absolute Gasteiger partial charge is 0.250 e. The lowest BCUT2D eigenvalue weighted by atomic mass is 10.2. The molecule has 0 amide bonds. The third-order valence-corrected chi connectivity index (χ3v) is 4.02. The summed E-state index contributed by atoms with van der Waals surface area (Å²) in [6.45, 7) is 1.81. The first-order valence-corrected chi connectivity index (χ1v) is 8.27. The van der Waals surface area contributed by atoms with Gasteiger partial charge >= 0.3 is 0 Å². The van der Waals surface area contributed by atoms with Crippen molar-refractivity contribution < 1.29 is 18.4 Å². The lowest BCUT2D eigenvalue weighted by Crippen LogP contribution is -1.90. The van der Waals surface area contributed by atoms with Gasteiger partial charge in [0.1, 0.15) is 5.52 Å². The van der Waals surface area contributed by atoms with E-state index in [0.717, 1.165) is 22.2 Å². The van der Waals surface area contributed by atoms with E-state index < -0.39 is 0 Å². The topological polar surface area (TPSA) is 83.4 Å². The number of aryl methyl sites for hydroxylation is 1. The molecular weight excluding hydrogens is 346 g/mol. The van der Waals surface area contributed by atoms with E-state index in [2.05, 4.69) is 15.1 Å². The number of hydrogen-bond acceptors (Lipinski definition) is 7. The first kappa shape index (κ1) is 16.8. The summed E-state index contributed by atoms with van der Waals surface area (Å²) in [5.74, 6) is 2.84. The highest BCUT2D eigenvalue weighted by Crippen LogP contribution is 2.28. The Balaban J connectivity index is 1.57. The van der Waals surface area contributed by atoms with Gasteiger partial charge < -0.3 is 18.4 Å². The van der Waals surface area contributed by atoms with Crippen molar-refractivity contribution in [3.8, 4) is 22.9 Å². The molecule has 0 spiro atoms. The molecule has 0 aliphatic carbocycles. The van der Waals surface area contributed by atoms with E-state index in [0.29, 0.717) is 29.1 Å². The molecule has 0 atom stereocenters. The van der Waals surface area contributed by atoms with Gasteiger partial charge in [-0.3, -0.25) is 0 Å². The highest BCUT2D eigenvalue weighted by molar-refractivity contribution is 5.78. The zero-order valence-corrected chi connectivity index (χ0v) is 15.1. The lowest BCUT2D eigenvalue weighted by molar-refractivity contribution is 0.355. The van der Waals surface area contributed by atoms with Crippen LogP contribution >= 0.6 is 0 Å². The third kappa shape index (κ3) is 3.39. The molecule has 0 bridgehead atoms. The van der Waals surface area contributed by atoms with Gasteiger partial charge in [-0.25, -0.2) is 4.98 Å². The molecule has 0 saturated heterocycles. The van der Waals surface area contributed by atoms with Crippen LogP contribution in [-0.4, -0.2) is 29.3 Å². The second-order valence-electron chi connectivity index (χ2n) is 5.82. The summed E-state index contributed by atoms with van der Waals surface area (Å²) in [7, 11) is 3.20. The van der Waals surface area contributed by atoms with E-state index in [-0.39, 0.29) is 0 Å². The monoisotopic (exact) mass is 363 g/mol. The van der Waals surface area contributed by atoms with Crippen molar-refractivity contribution in [2.75, 3.05) is 14.2 Å². The Morgan fingerprint density at radius 1 is 0.926 bits per heavy atom. The predicted octanol–water partition coefficient (Wildman–Crippen LogP) is 4.37. The van der Waals surface area contributed by atoms with Gasteiger partial charge in [0.25, 0.3) is 5.89 Å². The molecule has 2 aromatic carbocycles. The molecule has 0 unspecified atom stereocenters. The molecule has 2 aromatic heterocycles. The van der Waals surface area contributed by atoms with Crippen LogP contribution in [0, 0.1) is 6.92 Å². The Labute approximate surface area is 155 Å². The van der Waals surface area contributed by atoms with Crippen molar-refractivity contribution in [1.29, 1.82) is 0 Å². The fourth-order valence-electron chi connectivity index (χ4n) is 2.73. The van der Waals surface area contributed by atoms with Crippen LogP contribution in [-0.2, 0) is 0 Å². The quantitative estimate of drug-likeness (QED) is 0.520. The molecule has 136 valence electrons. The van der Waals surface area contributed by atoms with Gasteiger partial charge in [-0.1, -0.05) is 11.2 Å². The maximum atomic E-state index is 5.48. The number of fused-ring (bicyclic) bond motifs is 1. The summed E-state index contributed by atoms with van der Waals surface area (Å²) in [5, 5.41) is 4.03. The number of nitrogens with zero attached hydrogens (tertiary/aromatic N) is 3. The van der Waals surface area contributed by atoms with Crippen molar-refractivity contribution in [2.45, 2.75) is 6.92 Å². The van der Waals surface area contributed by atoms with Gasteiger partial charge in [0.05, 0.1) is 14.2 Å². The minimum Gasteiger partial charge on any atom is -0.493 e. The Hall–Kier alpha value is -3.61. The third-order valence-electron chi connectivity index (χ3n) is 4.02. The maximum absolute atomic E-state index is 5.48. The van der Waals surface area contributed by atoms with Crippen molar-refractivity contribution in [3.63, 3.8) is 0 Å². The molecule has 4 aromatic rings. The summed E-state index contributed by atoms with van der Waals surface area (Å²) in [5.41, 5.74) is 3.22. The van der Waals surface area contributed by atoms with E-state index >= 15 is 0 Å². The summed E-state index contributed by atoms with van der Waals surface area (Å²) in [6.07, 6.45) is 3.61. The zero-order valence-electron chi connectivity index (χ0n) is 15.1. The fourth-order valence-corrected chi connectivity index (χ4v) is 2.73. The van der Waals surface area contributed by atoms with Crippen LogP contribution in [0.5, 0.6) is 11.5 Å². The van der Waals surface area contributed by atoms with E-state index in [1.807, 2.05) is 49.4 Å². The summed E-state index contributed by atoms with van der Waals surface area (Å²) in [4.78, 5) is 8.73. The van der Waals surface area contributed by atoms with E-state index in [1.54, 1.807) is 20.3 Å². The molecular formula is C20H17N3O4. The Morgan fingerprint density at radius 3 is 2.59 bits per heavy atom. The number of oxazole rings is 1. The van der Waals surface area contributed by atoms with Gasteiger partial charge in [-0.05, 0) is 42.0 Å². The number of methoxy groups -OCH3 is 2. The first-order valence-electron chi connectivity index (χ1n) is 8.27. The van der Waals surface area contributed by atoms with Gasteiger partial charge in [-0.2, -0.15) is 4.98 Å². The maximum Gasteiger partial charge on any atom is 0.250 e. The van der Waals surface area contributed by atoms with Crippen LogP contribution in [0.3, 0.4) is 0 Å². The average molecular weight is 363 g/mol. The number of ether oxygens (including phenoxy) is 2. The van der Waals surface area contributed by atoms with Crippen LogP contribution < -0.4 is 9.47 Å². The number of aromatic nitrogens is 3. The van der Waals surface area contributed by atoms with E-state index in [4.69, 9.17) is 18.4 Å². The van der Waals surface area contributed by atoms with E-state index in [1.165, 1.54) is 0 Å². The molecule has 27 heavy (non-hydrogen) atoms. The summed E-state index contributed by atoms with van der Waals surface area (Å²) < 4.78 is 21.3. The standard InChI is InChI=1S/C20H17N3O4/c1-12-21-15-11-14(6-8-16(15)26-12)20-22-19(27-23-20)9-5-13-4-7-17(24-2)18(10-13)25-3/h4-11H,1-3H3/b9-5+. The van der Waals surface area contributed by atoms with Crippen molar-refractivity contribution >= 4 is 23.3 Å². The molecule has 0 radical (unpaired) electrons. The second kappa shape index (κ2) is 6.95. The first-order chi connectivity index (χ1) is 13.2. The number of benzene rings is 2. The SMILES string of the molecule is COc1ccc(/C=C/c2nc(-c3ccc4oc(C)nc4c3)no2)cc1OC. The minimum absolute atomic E-state index is 0.399. The molecule has 0 aliphatic rings. The van der Waals surface area contributed by atoms with Crippen molar-refractivity contribution in [1.82, 2.24) is 15.1 Å². The molecule has 0 aliphatic heterocycles. The zero-order chi connectivity index (χ0) is 18.8. The molecule has 4 rings (SSSR count). The molecule has 2 heterocycles. The highest BCUT2D eigenvalue weighted by Gasteiger charge is 2.10. The molecule has 0 saturated carbocycles. The normalized spacial score (nSPS) is 11.4. The van der Waals surface area contributed by atoms with Crippen molar-refractivity contribution in [2.24, 2.45) is 0 Å². The molecule has 0 fully saturated rings.